The number of benzene rings is 1. The number of hydrogen-bond donors (Lipinski definition) is 0. The van der Waals surface area contributed by atoms with Crippen molar-refractivity contribution in [3.05, 3.63) is 55.6 Å². The Morgan fingerprint density at radius 1 is 1.21 bits per heavy atom. The lowest BCUT2D eigenvalue weighted by atomic mass is 10.2. The highest BCUT2D eigenvalue weighted by Gasteiger charge is 2.35. The van der Waals surface area contributed by atoms with Gasteiger partial charge in [-0.05, 0) is 6.07 Å². The fraction of sp³-hybridized carbons (Fsp3) is 0.267. The largest absolute Gasteiger partial charge is 0.513 e. The zero-order valence-corrected chi connectivity index (χ0v) is 15.4. The maximum Gasteiger partial charge on any atom is 0.513 e. The van der Waals surface area contributed by atoms with Crippen molar-refractivity contribution in [2.24, 2.45) is 7.05 Å². The molecule has 0 aliphatic carbocycles. The summed E-state index contributed by atoms with van der Waals surface area (Å²) in [5.41, 5.74) is -5.22. The Morgan fingerprint density at radius 2 is 1.86 bits per heavy atom. The maximum absolute atomic E-state index is 14.3. The average molecular weight is 445 g/mol. The topological polar surface area (TPSA) is 79.5 Å². The highest BCUT2D eigenvalue weighted by molar-refractivity contribution is 6.32. The average Bonchev–Trinajstić information content (AvgIpc) is 2.59. The lowest BCUT2D eigenvalue weighted by Crippen LogP contribution is -2.41. The monoisotopic (exact) mass is 444 g/mol. The molecule has 1 aromatic carbocycles. The third kappa shape index (κ3) is 4.47. The summed E-state index contributed by atoms with van der Waals surface area (Å²) in [7, 11) is 0.760. The van der Waals surface area contributed by atoms with Crippen LogP contribution in [0.5, 0.6) is 5.75 Å². The second-order valence-electron chi connectivity index (χ2n) is 5.17. The molecule has 0 fully saturated rings. The van der Waals surface area contributed by atoms with Gasteiger partial charge in [0.15, 0.2) is 5.75 Å². The van der Waals surface area contributed by atoms with E-state index in [-0.39, 0.29) is 27.7 Å². The van der Waals surface area contributed by atoms with Gasteiger partial charge in [0, 0.05) is 19.2 Å². The van der Waals surface area contributed by atoms with Crippen molar-refractivity contribution in [2.45, 2.75) is 6.18 Å². The number of carbonyl (C=O) groups is 1. The van der Waals surface area contributed by atoms with Crippen molar-refractivity contribution >= 4 is 29.4 Å². The van der Waals surface area contributed by atoms with Gasteiger partial charge in [0.05, 0.1) is 16.6 Å². The second kappa shape index (κ2) is 8.23. The van der Waals surface area contributed by atoms with Crippen LogP contribution in [0.15, 0.2) is 27.8 Å². The first-order chi connectivity index (χ1) is 13.0. The Balaban J connectivity index is 2.62. The summed E-state index contributed by atoms with van der Waals surface area (Å²) in [4.78, 5) is 35.8. The number of carbonyl (C=O) groups excluding carboxylic acids is 1. The summed E-state index contributed by atoms with van der Waals surface area (Å²) in [6.45, 7) is -0.203. The Labute approximate surface area is 163 Å². The van der Waals surface area contributed by atoms with Crippen molar-refractivity contribution < 1.29 is 31.8 Å². The molecule has 0 saturated carbocycles. The minimum absolute atomic E-state index is 0.0332. The van der Waals surface area contributed by atoms with Gasteiger partial charge in [-0.2, -0.15) is 13.2 Å². The summed E-state index contributed by atoms with van der Waals surface area (Å²) < 4.78 is 62.5. The number of aromatic nitrogens is 2. The maximum atomic E-state index is 14.3. The molecule has 0 saturated heterocycles. The normalized spacial score (nSPS) is 11.4. The summed E-state index contributed by atoms with van der Waals surface area (Å²) >= 11 is 11.1. The molecule has 2 rings (SSSR count). The highest BCUT2D eigenvalue weighted by Crippen LogP contribution is 2.30. The van der Waals surface area contributed by atoms with E-state index in [4.69, 9.17) is 27.9 Å². The van der Waals surface area contributed by atoms with Gasteiger partial charge in [0.1, 0.15) is 18.1 Å². The molecule has 0 bridgehead atoms. The van der Waals surface area contributed by atoms with E-state index in [1.54, 1.807) is 0 Å². The van der Waals surface area contributed by atoms with E-state index >= 15 is 0 Å². The molecule has 0 aliphatic rings. The zero-order valence-electron chi connectivity index (χ0n) is 13.8. The molecule has 0 N–H and O–H groups in total. The van der Waals surface area contributed by atoms with E-state index in [9.17, 15) is 31.9 Å². The van der Waals surface area contributed by atoms with Crippen LogP contribution < -0.4 is 16.0 Å². The number of alkyl halides is 4. The van der Waals surface area contributed by atoms with Gasteiger partial charge in [-0.25, -0.2) is 18.5 Å². The van der Waals surface area contributed by atoms with Crippen LogP contribution in [0.3, 0.4) is 0 Å². The van der Waals surface area contributed by atoms with Crippen molar-refractivity contribution in [3.63, 3.8) is 0 Å². The van der Waals surface area contributed by atoms with E-state index in [1.165, 1.54) is 0 Å². The van der Waals surface area contributed by atoms with Gasteiger partial charge in [-0.15, -0.1) is 11.6 Å². The van der Waals surface area contributed by atoms with Gasteiger partial charge in [0.2, 0.25) is 0 Å². The predicted molar refractivity (Wildman–Crippen MR) is 89.9 cm³/mol. The summed E-state index contributed by atoms with van der Waals surface area (Å²) in [6.07, 6.45) is -6.24. The fourth-order valence-electron chi connectivity index (χ4n) is 2.13. The minimum atomic E-state index is -4.98. The molecule has 0 radical (unpaired) electrons. The second-order valence-corrected chi connectivity index (χ2v) is 5.95. The van der Waals surface area contributed by atoms with E-state index in [0.29, 0.717) is 12.1 Å². The number of halogens is 6. The Hall–Kier alpha value is -2.53. The number of nitrogens with zero attached hydrogens (tertiary/aromatic N) is 2. The fourth-order valence-corrected chi connectivity index (χ4v) is 2.39. The van der Waals surface area contributed by atoms with Crippen LogP contribution in [-0.2, 0) is 18.0 Å². The van der Waals surface area contributed by atoms with E-state index in [1.807, 2.05) is 0 Å². The predicted octanol–water partition coefficient (Wildman–Crippen LogP) is 3.10. The zero-order chi connectivity index (χ0) is 21.2. The minimum Gasteiger partial charge on any atom is -0.433 e. The summed E-state index contributed by atoms with van der Waals surface area (Å²) in [6, 6.07) is 1.45. The van der Waals surface area contributed by atoms with Crippen LogP contribution >= 0.6 is 23.2 Å². The van der Waals surface area contributed by atoms with Crippen LogP contribution in [-0.4, -0.2) is 27.8 Å². The molecule has 0 spiro atoms. The van der Waals surface area contributed by atoms with E-state index < -0.39 is 51.6 Å². The standard InChI is InChI=1S/C15H10Cl2F4N2O5/c1-22-11(15(19,20)21)6-12(24)23(13(22)25)9-5-10(7(17)4-8(9)18)28-14(26)27-3-2-16/h4-6H,2-3H2,1H3. The highest BCUT2D eigenvalue weighted by atomic mass is 35.5. The van der Waals surface area contributed by atoms with Crippen LogP contribution in [0, 0.1) is 5.82 Å². The molecule has 0 atom stereocenters. The SMILES string of the molecule is Cn1c(C(F)(F)F)cc(=O)n(-c2cc(OC(=O)OCCCl)c(Cl)cc2F)c1=O. The molecular weight excluding hydrogens is 435 g/mol. The van der Waals surface area contributed by atoms with Crippen LogP contribution in [0.25, 0.3) is 5.69 Å². The van der Waals surface area contributed by atoms with Crippen molar-refractivity contribution in [1.82, 2.24) is 9.13 Å². The molecule has 13 heteroatoms. The van der Waals surface area contributed by atoms with Crippen LogP contribution in [0.2, 0.25) is 5.02 Å². The van der Waals surface area contributed by atoms with Crippen molar-refractivity contribution in [3.8, 4) is 11.4 Å². The number of ether oxygens (including phenoxy) is 2. The molecule has 2 aromatic rings. The molecule has 152 valence electrons. The van der Waals surface area contributed by atoms with Crippen molar-refractivity contribution in [1.29, 1.82) is 0 Å². The number of hydrogen-bond acceptors (Lipinski definition) is 5. The van der Waals surface area contributed by atoms with Gasteiger partial charge < -0.3 is 9.47 Å². The Kier molecular flexibility index (Phi) is 6.40. The Morgan fingerprint density at radius 3 is 2.43 bits per heavy atom. The quantitative estimate of drug-likeness (QED) is 0.313. The van der Waals surface area contributed by atoms with Crippen LogP contribution in [0.4, 0.5) is 22.4 Å². The molecule has 1 heterocycles. The molecule has 0 unspecified atom stereocenters. The lowest BCUT2D eigenvalue weighted by molar-refractivity contribution is -0.144. The number of rotatable bonds is 4. The van der Waals surface area contributed by atoms with Gasteiger partial charge in [0.25, 0.3) is 5.56 Å². The van der Waals surface area contributed by atoms with Crippen molar-refractivity contribution in [2.75, 3.05) is 12.5 Å². The first-order valence-corrected chi connectivity index (χ1v) is 8.19. The lowest BCUT2D eigenvalue weighted by Gasteiger charge is -2.15. The summed E-state index contributed by atoms with van der Waals surface area (Å²) in [5, 5.41) is -0.416. The van der Waals surface area contributed by atoms with Gasteiger partial charge >= 0.3 is 18.0 Å². The first-order valence-electron chi connectivity index (χ1n) is 7.27. The van der Waals surface area contributed by atoms with Gasteiger partial charge in [-0.3, -0.25) is 9.36 Å². The molecular formula is C15H10Cl2F4N2O5. The summed E-state index contributed by atoms with van der Waals surface area (Å²) in [5.74, 6) is -1.74. The Bertz CT molecular complexity index is 1030. The third-order valence-corrected chi connectivity index (χ3v) is 3.79. The molecule has 28 heavy (non-hydrogen) atoms. The van der Waals surface area contributed by atoms with E-state index in [0.717, 1.165) is 7.05 Å². The smallest absolute Gasteiger partial charge is 0.433 e. The first kappa shape index (κ1) is 21.8. The molecule has 0 aliphatic heterocycles. The van der Waals surface area contributed by atoms with E-state index in [2.05, 4.69) is 4.74 Å². The third-order valence-electron chi connectivity index (χ3n) is 3.34. The molecule has 0 amide bonds. The molecule has 7 nitrogen and oxygen atoms in total. The van der Waals surface area contributed by atoms with Crippen LogP contribution in [0.1, 0.15) is 5.69 Å². The van der Waals surface area contributed by atoms with Gasteiger partial charge in [-0.1, -0.05) is 11.6 Å². The molecule has 1 aromatic heterocycles.